The summed E-state index contributed by atoms with van der Waals surface area (Å²) in [6.07, 6.45) is 2.16. The van der Waals surface area contributed by atoms with Crippen LogP contribution in [0.5, 0.6) is 11.5 Å². The number of nitrogens with zero attached hydrogens (tertiary/aromatic N) is 2. The Labute approximate surface area is 153 Å². The third kappa shape index (κ3) is 3.45. The Hall–Kier alpha value is -2.20. The zero-order chi connectivity index (χ0) is 17.2. The molecule has 2 aliphatic rings. The van der Waals surface area contributed by atoms with Gasteiger partial charge in [-0.15, -0.1) is 0 Å². The van der Waals surface area contributed by atoms with Gasteiger partial charge in [0, 0.05) is 12.6 Å². The van der Waals surface area contributed by atoms with E-state index in [0.717, 1.165) is 36.4 Å². The number of hydrogen-bond acceptors (Lipinski definition) is 5. The summed E-state index contributed by atoms with van der Waals surface area (Å²) in [6.45, 7) is 1.25. The van der Waals surface area contributed by atoms with Gasteiger partial charge in [-0.1, -0.05) is 30.3 Å². The summed E-state index contributed by atoms with van der Waals surface area (Å²) in [5.74, 6) is 1.64. The fourth-order valence-electron chi connectivity index (χ4n) is 3.39. The Morgan fingerprint density at radius 2 is 1.80 bits per heavy atom. The zero-order valence-electron chi connectivity index (χ0n) is 14.1. The molecule has 0 aromatic heterocycles. The molecule has 0 amide bonds. The van der Waals surface area contributed by atoms with Crippen molar-refractivity contribution in [3.63, 3.8) is 0 Å². The van der Waals surface area contributed by atoms with Gasteiger partial charge >= 0.3 is 0 Å². The second-order valence-electron chi connectivity index (χ2n) is 6.68. The highest BCUT2D eigenvalue weighted by Gasteiger charge is 2.31. The van der Waals surface area contributed by atoms with Gasteiger partial charge in [0.2, 0.25) is 6.79 Å². The van der Waals surface area contributed by atoms with Gasteiger partial charge in [0.15, 0.2) is 11.5 Å². The van der Waals surface area contributed by atoms with Gasteiger partial charge in [-0.3, -0.25) is 4.90 Å². The standard InChI is InChI=1S/C20H20N2O2S/c1-22(18-9-17(10-18)21-12-25)11-14-2-4-15(5-3-14)16-6-7-19-20(8-16)24-13-23-19/h2-8,17-18H,9-11,13H2,1H3. The number of hydrogen-bond donors (Lipinski definition) is 0. The molecule has 0 N–H and O–H groups in total. The molecule has 1 saturated carbocycles. The van der Waals surface area contributed by atoms with Gasteiger partial charge < -0.3 is 9.47 Å². The van der Waals surface area contributed by atoms with Gasteiger partial charge in [0.05, 0.1) is 11.2 Å². The van der Waals surface area contributed by atoms with Crippen LogP contribution in [0.2, 0.25) is 0 Å². The summed E-state index contributed by atoms with van der Waals surface area (Å²) in [5.41, 5.74) is 3.64. The SMILES string of the molecule is CN(Cc1ccc(-c2ccc3c(c2)OCO3)cc1)C1CC(N=C=S)C1. The first kappa shape index (κ1) is 16.3. The van der Waals surface area contributed by atoms with Crippen molar-refractivity contribution < 1.29 is 9.47 Å². The molecule has 5 heteroatoms. The van der Waals surface area contributed by atoms with Gasteiger partial charge in [0.25, 0.3) is 0 Å². The number of rotatable bonds is 5. The molecule has 1 fully saturated rings. The van der Waals surface area contributed by atoms with E-state index < -0.39 is 0 Å². The maximum atomic E-state index is 5.46. The van der Waals surface area contributed by atoms with Gasteiger partial charge in [-0.05, 0) is 60.9 Å². The van der Waals surface area contributed by atoms with Gasteiger partial charge in [-0.25, -0.2) is 4.99 Å². The third-order valence-corrected chi connectivity index (χ3v) is 5.14. The zero-order valence-corrected chi connectivity index (χ0v) is 15.0. The number of fused-ring (bicyclic) bond motifs is 1. The minimum atomic E-state index is 0.307. The highest BCUT2D eigenvalue weighted by Crippen LogP contribution is 2.36. The minimum Gasteiger partial charge on any atom is -0.454 e. The molecule has 4 nitrogen and oxygen atoms in total. The highest BCUT2D eigenvalue weighted by atomic mass is 32.1. The average Bonchev–Trinajstić information content (AvgIpc) is 3.06. The molecule has 0 spiro atoms. The van der Waals surface area contributed by atoms with Crippen molar-refractivity contribution in [3.8, 4) is 22.6 Å². The minimum absolute atomic E-state index is 0.307. The first-order chi connectivity index (χ1) is 12.2. The summed E-state index contributed by atoms with van der Waals surface area (Å²) in [6, 6.07) is 15.8. The van der Waals surface area contributed by atoms with Crippen LogP contribution in [0.15, 0.2) is 47.5 Å². The Morgan fingerprint density at radius 3 is 2.56 bits per heavy atom. The second-order valence-corrected chi connectivity index (χ2v) is 6.86. The van der Waals surface area contributed by atoms with E-state index in [-0.39, 0.29) is 0 Å². The molecule has 1 aliphatic carbocycles. The number of benzene rings is 2. The Bertz CT molecular complexity index is 809. The van der Waals surface area contributed by atoms with E-state index in [0.29, 0.717) is 18.9 Å². The predicted octanol–water partition coefficient (Wildman–Crippen LogP) is 4.15. The fraction of sp³-hybridized carbons (Fsp3) is 0.350. The Morgan fingerprint density at radius 1 is 1.08 bits per heavy atom. The monoisotopic (exact) mass is 352 g/mol. The van der Waals surface area contributed by atoms with Crippen molar-refractivity contribution in [3.05, 3.63) is 48.0 Å². The quantitative estimate of drug-likeness (QED) is 0.598. The van der Waals surface area contributed by atoms with E-state index in [4.69, 9.17) is 9.47 Å². The average molecular weight is 352 g/mol. The van der Waals surface area contributed by atoms with Crippen molar-refractivity contribution in [2.24, 2.45) is 4.99 Å². The van der Waals surface area contributed by atoms with E-state index in [2.05, 4.69) is 64.7 Å². The fourth-order valence-corrected chi connectivity index (χ4v) is 3.54. The number of aliphatic imine (C=N–C) groups is 1. The summed E-state index contributed by atoms with van der Waals surface area (Å²) in [5, 5.41) is 2.49. The van der Waals surface area contributed by atoms with Crippen LogP contribution in [0.3, 0.4) is 0 Å². The molecule has 1 heterocycles. The van der Waals surface area contributed by atoms with E-state index in [1.165, 1.54) is 11.1 Å². The Balaban J connectivity index is 1.40. The van der Waals surface area contributed by atoms with Gasteiger partial charge in [-0.2, -0.15) is 0 Å². The lowest BCUT2D eigenvalue weighted by Crippen LogP contribution is -2.44. The molecule has 0 bridgehead atoms. The van der Waals surface area contributed by atoms with Crippen LogP contribution in [0.1, 0.15) is 18.4 Å². The van der Waals surface area contributed by atoms with E-state index in [1.54, 1.807) is 0 Å². The summed E-state index contributed by atoms with van der Waals surface area (Å²) >= 11 is 4.67. The number of isothiocyanates is 1. The largest absolute Gasteiger partial charge is 0.454 e. The predicted molar refractivity (Wildman–Crippen MR) is 101 cm³/mol. The lowest BCUT2D eigenvalue weighted by molar-refractivity contribution is 0.134. The normalized spacial score (nSPS) is 20.9. The molecular weight excluding hydrogens is 332 g/mol. The maximum Gasteiger partial charge on any atom is 0.231 e. The van der Waals surface area contributed by atoms with Crippen molar-refractivity contribution >= 4 is 17.4 Å². The van der Waals surface area contributed by atoms with Gasteiger partial charge in [0.1, 0.15) is 0 Å². The molecule has 2 aromatic carbocycles. The molecule has 0 saturated heterocycles. The molecule has 0 atom stereocenters. The molecule has 2 aromatic rings. The van der Waals surface area contributed by atoms with Crippen LogP contribution in [0, 0.1) is 0 Å². The number of ether oxygens (including phenoxy) is 2. The van der Waals surface area contributed by atoms with E-state index in [1.807, 2.05) is 12.1 Å². The van der Waals surface area contributed by atoms with Crippen LogP contribution in [0.4, 0.5) is 0 Å². The topological polar surface area (TPSA) is 34.1 Å². The van der Waals surface area contributed by atoms with Crippen LogP contribution >= 0.6 is 12.2 Å². The molecule has 25 heavy (non-hydrogen) atoms. The Kier molecular flexibility index (Phi) is 4.53. The smallest absolute Gasteiger partial charge is 0.231 e. The first-order valence-corrected chi connectivity index (χ1v) is 8.90. The first-order valence-electron chi connectivity index (χ1n) is 8.49. The lowest BCUT2D eigenvalue weighted by atomic mass is 9.86. The maximum absolute atomic E-state index is 5.46. The van der Waals surface area contributed by atoms with Crippen molar-refractivity contribution in [1.82, 2.24) is 4.90 Å². The molecule has 1 aliphatic heterocycles. The van der Waals surface area contributed by atoms with Crippen molar-refractivity contribution in [2.75, 3.05) is 13.8 Å². The molecular formula is C20H20N2O2S. The molecule has 0 unspecified atom stereocenters. The van der Waals surface area contributed by atoms with Crippen LogP contribution in [-0.4, -0.2) is 36.0 Å². The molecule has 0 radical (unpaired) electrons. The molecule has 4 rings (SSSR count). The van der Waals surface area contributed by atoms with Crippen LogP contribution < -0.4 is 9.47 Å². The van der Waals surface area contributed by atoms with E-state index in [9.17, 15) is 0 Å². The number of thiocarbonyl (C=S) groups is 1. The highest BCUT2D eigenvalue weighted by molar-refractivity contribution is 7.78. The third-order valence-electron chi connectivity index (χ3n) is 5.04. The second kappa shape index (κ2) is 6.96. The lowest BCUT2D eigenvalue weighted by Gasteiger charge is -2.38. The summed E-state index contributed by atoms with van der Waals surface area (Å²) < 4.78 is 10.8. The summed E-state index contributed by atoms with van der Waals surface area (Å²) in [7, 11) is 2.17. The molecule has 128 valence electrons. The van der Waals surface area contributed by atoms with Crippen molar-refractivity contribution in [2.45, 2.75) is 31.5 Å². The summed E-state index contributed by atoms with van der Waals surface area (Å²) in [4.78, 5) is 6.55. The van der Waals surface area contributed by atoms with Crippen LogP contribution in [0.25, 0.3) is 11.1 Å². The van der Waals surface area contributed by atoms with Crippen molar-refractivity contribution in [1.29, 1.82) is 0 Å². The van der Waals surface area contributed by atoms with Crippen LogP contribution in [-0.2, 0) is 6.54 Å². The van der Waals surface area contributed by atoms with E-state index >= 15 is 0 Å².